The number of rotatable bonds is 3. The van der Waals surface area contributed by atoms with Crippen molar-refractivity contribution in [2.24, 2.45) is 5.73 Å². The first-order valence-corrected chi connectivity index (χ1v) is 6.03. The molecule has 2 unspecified atom stereocenters. The van der Waals surface area contributed by atoms with Gasteiger partial charge in [0.05, 0.1) is 0 Å². The van der Waals surface area contributed by atoms with Crippen molar-refractivity contribution in [3.63, 3.8) is 0 Å². The molecule has 0 saturated carbocycles. The normalized spacial score (nSPS) is 22.9. The van der Waals surface area contributed by atoms with E-state index < -0.39 is 17.7 Å². The van der Waals surface area contributed by atoms with E-state index in [1.54, 1.807) is 6.07 Å². The van der Waals surface area contributed by atoms with Crippen molar-refractivity contribution in [2.75, 3.05) is 13.1 Å². The summed E-state index contributed by atoms with van der Waals surface area (Å²) >= 11 is 0. The van der Waals surface area contributed by atoms with Gasteiger partial charge in [-0.15, -0.1) is 0 Å². The Morgan fingerprint density at radius 1 is 1.47 bits per heavy atom. The van der Waals surface area contributed by atoms with Crippen molar-refractivity contribution in [1.82, 2.24) is 4.90 Å². The monoisotopic (exact) mass is 240 g/mol. The summed E-state index contributed by atoms with van der Waals surface area (Å²) < 4.78 is 26.6. The Bertz CT molecular complexity index is 395. The average molecular weight is 240 g/mol. The van der Waals surface area contributed by atoms with Gasteiger partial charge in [0, 0.05) is 24.2 Å². The van der Waals surface area contributed by atoms with Crippen molar-refractivity contribution in [3.8, 4) is 0 Å². The predicted molar refractivity (Wildman–Crippen MR) is 63.6 cm³/mol. The lowest BCUT2D eigenvalue weighted by molar-refractivity contribution is 0.250. The topological polar surface area (TPSA) is 29.3 Å². The molecule has 2 N–H and O–H groups in total. The SMILES string of the molecule is CC1CCCN1CC(N)c1cccc(F)c1F. The van der Waals surface area contributed by atoms with Crippen molar-refractivity contribution in [1.29, 1.82) is 0 Å². The molecule has 1 saturated heterocycles. The zero-order valence-electron chi connectivity index (χ0n) is 10.00. The number of benzene rings is 1. The first kappa shape index (κ1) is 12.5. The fraction of sp³-hybridized carbons (Fsp3) is 0.538. The van der Waals surface area contributed by atoms with Gasteiger partial charge in [0.15, 0.2) is 11.6 Å². The largest absolute Gasteiger partial charge is 0.323 e. The standard InChI is InChI=1S/C13H18F2N2/c1-9-4-3-7-17(9)8-12(16)10-5-2-6-11(14)13(10)15/h2,5-6,9,12H,3-4,7-8,16H2,1H3. The average Bonchev–Trinajstić information content (AvgIpc) is 2.68. The first-order valence-electron chi connectivity index (χ1n) is 6.03. The van der Waals surface area contributed by atoms with E-state index in [2.05, 4.69) is 11.8 Å². The van der Waals surface area contributed by atoms with Crippen LogP contribution in [0.25, 0.3) is 0 Å². The van der Waals surface area contributed by atoms with Crippen LogP contribution in [0.1, 0.15) is 31.4 Å². The highest BCUT2D eigenvalue weighted by Crippen LogP contribution is 2.22. The Kier molecular flexibility index (Phi) is 3.74. The maximum Gasteiger partial charge on any atom is 0.163 e. The van der Waals surface area contributed by atoms with E-state index in [9.17, 15) is 8.78 Å². The molecule has 0 amide bonds. The summed E-state index contributed by atoms with van der Waals surface area (Å²) in [6, 6.07) is 4.19. The fourth-order valence-electron chi connectivity index (χ4n) is 2.42. The van der Waals surface area contributed by atoms with Crippen LogP contribution < -0.4 is 5.73 Å². The number of nitrogens with zero attached hydrogens (tertiary/aromatic N) is 1. The van der Waals surface area contributed by atoms with Crippen LogP contribution in [0, 0.1) is 11.6 Å². The quantitative estimate of drug-likeness (QED) is 0.879. The summed E-state index contributed by atoms with van der Waals surface area (Å²) in [5.41, 5.74) is 6.23. The molecule has 94 valence electrons. The van der Waals surface area contributed by atoms with Crippen LogP contribution in [0.3, 0.4) is 0 Å². The zero-order chi connectivity index (χ0) is 12.4. The van der Waals surface area contributed by atoms with Gasteiger partial charge in [-0.1, -0.05) is 12.1 Å². The van der Waals surface area contributed by atoms with Gasteiger partial charge in [0.1, 0.15) is 0 Å². The zero-order valence-corrected chi connectivity index (χ0v) is 10.00. The summed E-state index contributed by atoms with van der Waals surface area (Å²) in [7, 11) is 0. The van der Waals surface area contributed by atoms with Crippen molar-refractivity contribution in [3.05, 3.63) is 35.4 Å². The third-order valence-corrected chi connectivity index (χ3v) is 3.50. The summed E-state index contributed by atoms with van der Waals surface area (Å²) in [5.74, 6) is -1.64. The minimum absolute atomic E-state index is 0.268. The molecule has 0 radical (unpaired) electrons. The number of likely N-dealkylation sites (tertiary alicyclic amines) is 1. The van der Waals surface area contributed by atoms with Gasteiger partial charge in [-0.25, -0.2) is 8.78 Å². The summed E-state index contributed by atoms with van der Waals surface area (Å²) in [6.45, 7) is 3.72. The van der Waals surface area contributed by atoms with Crippen molar-refractivity contribution in [2.45, 2.75) is 31.8 Å². The molecule has 2 nitrogen and oxygen atoms in total. The Morgan fingerprint density at radius 3 is 2.88 bits per heavy atom. The molecule has 1 aromatic rings. The van der Waals surface area contributed by atoms with Crippen molar-refractivity contribution >= 4 is 0 Å². The van der Waals surface area contributed by atoms with E-state index >= 15 is 0 Å². The predicted octanol–water partition coefficient (Wildman–Crippen LogP) is 2.45. The number of hydrogen-bond donors (Lipinski definition) is 1. The molecule has 1 aromatic carbocycles. The minimum Gasteiger partial charge on any atom is -0.323 e. The van der Waals surface area contributed by atoms with Crippen LogP contribution in [-0.2, 0) is 0 Å². The van der Waals surface area contributed by atoms with Crippen LogP contribution in [-0.4, -0.2) is 24.0 Å². The molecule has 0 aromatic heterocycles. The molecular formula is C13H18F2N2. The first-order chi connectivity index (χ1) is 8.09. The second-order valence-electron chi connectivity index (χ2n) is 4.74. The molecular weight excluding hydrogens is 222 g/mol. The lowest BCUT2D eigenvalue weighted by Gasteiger charge is -2.25. The highest BCUT2D eigenvalue weighted by molar-refractivity contribution is 5.22. The summed E-state index contributed by atoms with van der Waals surface area (Å²) in [6.07, 6.45) is 2.30. The van der Waals surface area contributed by atoms with E-state index in [0.717, 1.165) is 25.5 Å². The Labute approximate surface area is 100 Å². The highest BCUT2D eigenvalue weighted by atomic mass is 19.2. The van der Waals surface area contributed by atoms with E-state index in [4.69, 9.17) is 5.73 Å². The van der Waals surface area contributed by atoms with Gasteiger partial charge in [0.25, 0.3) is 0 Å². The van der Waals surface area contributed by atoms with Crippen LogP contribution in [0.15, 0.2) is 18.2 Å². The summed E-state index contributed by atoms with van der Waals surface area (Å²) in [5, 5.41) is 0. The molecule has 1 aliphatic rings. The minimum atomic E-state index is -0.826. The van der Waals surface area contributed by atoms with Gasteiger partial charge in [-0.3, -0.25) is 4.90 Å². The number of nitrogens with two attached hydrogens (primary N) is 1. The Hall–Kier alpha value is -1.00. The molecule has 0 bridgehead atoms. The van der Waals surface area contributed by atoms with E-state index in [1.165, 1.54) is 6.07 Å². The maximum atomic E-state index is 13.5. The van der Waals surface area contributed by atoms with Crippen LogP contribution in [0.2, 0.25) is 0 Å². The lowest BCUT2D eigenvalue weighted by atomic mass is 10.1. The Morgan fingerprint density at radius 2 is 2.24 bits per heavy atom. The van der Waals surface area contributed by atoms with Gasteiger partial charge in [-0.2, -0.15) is 0 Å². The van der Waals surface area contributed by atoms with Crippen LogP contribution in [0.4, 0.5) is 8.78 Å². The second kappa shape index (κ2) is 5.10. The number of halogens is 2. The molecule has 2 rings (SSSR count). The summed E-state index contributed by atoms with van der Waals surface area (Å²) in [4.78, 5) is 2.23. The molecule has 1 aliphatic heterocycles. The van der Waals surface area contributed by atoms with Crippen LogP contribution >= 0.6 is 0 Å². The lowest BCUT2D eigenvalue weighted by Crippen LogP contribution is -2.34. The van der Waals surface area contributed by atoms with Gasteiger partial charge in [0.2, 0.25) is 0 Å². The molecule has 0 spiro atoms. The second-order valence-corrected chi connectivity index (χ2v) is 4.74. The van der Waals surface area contributed by atoms with E-state index in [-0.39, 0.29) is 5.56 Å². The smallest absolute Gasteiger partial charge is 0.163 e. The van der Waals surface area contributed by atoms with Crippen molar-refractivity contribution < 1.29 is 8.78 Å². The molecule has 4 heteroatoms. The Balaban J connectivity index is 2.09. The molecule has 1 heterocycles. The fourth-order valence-corrected chi connectivity index (χ4v) is 2.42. The molecule has 17 heavy (non-hydrogen) atoms. The third kappa shape index (κ3) is 2.64. The van der Waals surface area contributed by atoms with Gasteiger partial charge in [-0.05, 0) is 32.4 Å². The van der Waals surface area contributed by atoms with E-state index in [1.807, 2.05) is 0 Å². The van der Waals surface area contributed by atoms with Gasteiger partial charge < -0.3 is 5.73 Å². The van der Waals surface area contributed by atoms with Crippen LogP contribution in [0.5, 0.6) is 0 Å². The highest BCUT2D eigenvalue weighted by Gasteiger charge is 2.24. The third-order valence-electron chi connectivity index (χ3n) is 3.50. The number of hydrogen-bond acceptors (Lipinski definition) is 2. The maximum absolute atomic E-state index is 13.5. The molecule has 1 fully saturated rings. The van der Waals surface area contributed by atoms with Gasteiger partial charge >= 0.3 is 0 Å². The van der Waals surface area contributed by atoms with E-state index in [0.29, 0.717) is 12.6 Å². The molecule has 0 aliphatic carbocycles. The molecule has 2 atom stereocenters.